The van der Waals surface area contributed by atoms with E-state index in [1.165, 1.54) is 0 Å². The van der Waals surface area contributed by atoms with Crippen LogP contribution in [0.4, 0.5) is 0 Å². The van der Waals surface area contributed by atoms with Crippen molar-refractivity contribution >= 4 is 5.96 Å². The summed E-state index contributed by atoms with van der Waals surface area (Å²) in [7, 11) is 3.84. The highest BCUT2D eigenvalue weighted by Gasteiger charge is 2.31. The lowest BCUT2D eigenvalue weighted by molar-refractivity contribution is 0.163. The van der Waals surface area contributed by atoms with Gasteiger partial charge in [0.25, 0.3) is 0 Å². The van der Waals surface area contributed by atoms with Crippen molar-refractivity contribution < 1.29 is 4.74 Å². The highest BCUT2D eigenvalue weighted by molar-refractivity contribution is 5.80. The minimum Gasteiger partial charge on any atom is -0.383 e. The summed E-state index contributed by atoms with van der Waals surface area (Å²) in [6, 6.07) is 1.08. The Morgan fingerprint density at radius 3 is 2.65 bits per heavy atom. The second kappa shape index (κ2) is 10.8. The number of rotatable bonds is 9. The van der Waals surface area contributed by atoms with Crippen molar-refractivity contribution in [1.82, 2.24) is 20.4 Å². The Labute approximate surface area is 142 Å². The lowest BCUT2D eigenvalue weighted by atomic mass is 10.1. The Balaban J connectivity index is 2.46. The summed E-state index contributed by atoms with van der Waals surface area (Å²) in [5, 5.41) is 6.99. The van der Waals surface area contributed by atoms with Gasteiger partial charge in [0.1, 0.15) is 0 Å². The van der Waals surface area contributed by atoms with Gasteiger partial charge in [-0.05, 0) is 33.7 Å². The van der Waals surface area contributed by atoms with Crippen molar-refractivity contribution in [3.8, 4) is 0 Å². The van der Waals surface area contributed by atoms with E-state index < -0.39 is 0 Å². The first-order valence-electron chi connectivity index (χ1n) is 8.94. The Bertz CT molecular complexity index is 348. The topological polar surface area (TPSA) is 52.1 Å². The van der Waals surface area contributed by atoms with E-state index in [-0.39, 0.29) is 0 Å². The number of ether oxygens (including phenoxy) is 1. The van der Waals surface area contributed by atoms with E-state index in [1.807, 2.05) is 0 Å². The van der Waals surface area contributed by atoms with E-state index in [4.69, 9.17) is 9.73 Å². The average Bonchev–Trinajstić information content (AvgIpc) is 2.86. The van der Waals surface area contributed by atoms with Crippen LogP contribution in [0.15, 0.2) is 4.99 Å². The molecule has 1 fully saturated rings. The summed E-state index contributed by atoms with van der Waals surface area (Å²) < 4.78 is 5.10. The molecule has 1 rings (SSSR count). The standard InChI is InChI=1S/C17H37N5O/c1-7-18-17(19-8-9-21(5)10-11-23-6)20-16-13-22(14(2)3)12-15(16)4/h14-16H,7-13H2,1-6H3,(H2,18,19,20). The zero-order valence-electron chi connectivity index (χ0n) is 15.9. The third kappa shape index (κ3) is 7.50. The lowest BCUT2D eigenvalue weighted by Crippen LogP contribution is -2.47. The number of nitrogens with zero attached hydrogens (tertiary/aromatic N) is 3. The van der Waals surface area contributed by atoms with E-state index in [2.05, 4.69) is 55.2 Å². The van der Waals surface area contributed by atoms with Gasteiger partial charge in [-0.25, -0.2) is 0 Å². The predicted octanol–water partition coefficient (Wildman–Crippen LogP) is 0.848. The average molecular weight is 328 g/mol. The lowest BCUT2D eigenvalue weighted by Gasteiger charge is -2.22. The molecule has 0 radical (unpaired) electrons. The number of likely N-dealkylation sites (N-methyl/N-ethyl adjacent to an activating group) is 1. The van der Waals surface area contributed by atoms with Crippen molar-refractivity contribution in [2.45, 2.75) is 39.8 Å². The molecule has 23 heavy (non-hydrogen) atoms. The van der Waals surface area contributed by atoms with E-state index in [0.717, 1.165) is 51.8 Å². The molecule has 0 spiro atoms. The van der Waals surface area contributed by atoms with Gasteiger partial charge in [0, 0.05) is 51.9 Å². The zero-order valence-corrected chi connectivity index (χ0v) is 15.9. The van der Waals surface area contributed by atoms with Gasteiger partial charge >= 0.3 is 0 Å². The van der Waals surface area contributed by atoms with Crippen LogP contribution in [0, 0.1) is 5.92 Å². The van der Waals surface area contributed by atoms with Gasteiger partial charge in [-0.1, -0.05) is 6.92 Å². The van der Waals surface area contributed by atoms with Gasteiger partial charge < -0.3 is 20.3 Å². The van der Waals surface area contributed by atoms with Crippen LogP contribution in [-0.2, 0) is 4.74 Å². The first kappa shape index (κ1) is 20.2. The number of methoxy groups -OCH3 is 1. The molecular weight excluding hydrogens is 290 g/mol. The van der Waals surface area contributed by atoms with Gasteiger partial charge in [-0.15, -0.1) is 0 Å². The quantitative estimate of drug-likeness (QED) is 0.486. The molecule has 1 saturated heterocycles. The highest BCUT2D eigenvalue weighted by Crippen LogP contribution is 2.18. The summed E-state index contributed by atoms with van der Waals surface area (Å²) in [5.74, 6) is 1.58. The number of hydrogen-bond acceptors (Lipinski definition) is 4. The maximum atomic E-state index is 5.10. The molecule has 136 valence electrons. The van der Waals surface area contributed by atoms with Crippen LogP contribution in [0.3, 0.4) is 0 Å². The normalized spacial score (nSPS) is 23.0. The Morgan fingerprint density at radius 1 is 1.35 bits per heavy atom. The van der Waals surface area contributed by atoms with Crippen LogP contribution in [0.2, 0.25) is 0 Å². The number of guanidine groups is 1. The molecule has 0 aliphatic carbocycles. The zero-order chi connectivity index (χ0) is 17.2. The van der Waals surface area contributed by atoms with Crippen molar-refractivity contribution in [2.75, 3.05) is 60.0 Å². The summed E-state index contributed by atoms with van der Waals surface area (Å²) in [6.07, 6.45) is 0. The molecule has 6 nitrogen and oxygen atoms in total. The van der Waals surface area contributed by atoms with Crippen LogP contribution in [0.5, 0.6) is 0 Å². The van der Waals surface area contributed by atoms with Gasteiger partial charge in [0.15, 0.2) is 5.96 Å². The van der Waals surface area contributed by atoms with Gasteiger partial charge in [-0.2, -0.15) is 0 Å². The number of nitrogens with one attached hydrogen (secondary N) is 2. The number of aliphatic imine (C=N–C) groups is 1. The Morgan fingerprint density at radius 2 is 2.09 bits per heavy atom. The molecule has 1 aliphatic rings. The Kier molecular flexibility index (Phi) is 9.52. The van der Waals surface area contributed by atoms with Crippen LogP contribution in [0.25, 0.3) is 0 Å². The maximum Gasteiger partial charge on any atom is 0.191 e. The fourth-order valence-corrected chi connectivity index (χ4v) is 2.80. The van der Waals surface area contributed by atoms with Crippen LogP contribution in [0.1, 0.15) is 27.7 Å². The van der Waals surface area contributed by atoms with Crippen LogP contribution < -0.4 is 10.6 Å². The molecule has 0 saturated carbocycles. The minimum atomic E-state index is 0.474. The first-order chi connectivity index (χ1) is 11.0. The molecule has 2 atom stereocenters. The summed E-state index contributed by atoms with van der Waals surface area (Å²) in [4.78, 5) is 9.50. The molecule has 0 aromatic carbocycles. The molecule has 0 aromatic rings. The van der Waals surface area contributed by atoms with Crippen LogP contribution in [-0.4, -0.2) is 87.9 Å². The third-order valence-corrected chi connectivity index (χ3v) is 4.47. The SMILES string of the molecule is CCNC(=NCCN(C)CCOC)NC1CN(C(C)C)CC1C. The predicted molar refractivity (Wildman–Crippen MR) is 98.1 cm³/mol. The fourth-order valence-electron chi connectivity index (χ4n) is 2.80. The van der Waals surface area contributed by atoms with Gasteiger partial charge in [0.05, 0.1) is 13.2 Å². The Hall–Kier alpha value is -0.850. The van der Waals surface area contributed by atoms with Crippen molar-refractivity contribution in [2.24, 2.45) is 10.9 Å². The monoisotopic (exact) mass is 327 g/mol. The molecule has 2 N–H and O–H groups in total. The van der Waals surface area contributed by atoms with E-state index in [0.29, 0.717) is 18.0 Å². The van der Waals surface area contributed by atoms with Crippen LogP contribution >= 0.6 is 0 Å². The van der Waals surface area contributed by atoms with Crippen molar-refractivity contribution in [3.05, 3.63) is 0 Å². The molecule has 2 unspecified atom stereocenters. The molecule has 0 amide bonds. The maximum absolute atomic E-state index is 5.10. The minimum absolute atomic E-state index is 0.474. The summed E-state index contributed by atoms with van der Waals surface area (Å²) in [5.41, 5.74) is 0. The smallest absolute Gasteiger partial charge is 0.191 e. The molecule has 0 bridgehead atoms. The molecular formula is C17H37N5O. The number of hydrogen-bond donors (Lipinski definition) is 2. The third-order valence-electron chi connectivity index (χ3n) is 4.47. The molecule has 1 aliphatic heterocycles. The highest BCUT2D eigenvalue weighted by atomic mass is 16.5. The second-order valence-corrected chi connectivity index (χ2v) is 6.83. The second-order valence-electron chi connectivity index (χ2n) is 6.83. The first-order valence-corrected chi connectivity index (χ1v) is 8.94. The van der Waals surface area contributed by atoms with E-state index in [9.17, 15) is 0 Å². The molecule has 6 heteroatoms. The van der Waals surface area contributed by atoms with Crippen molar-refractivity contribution in [1.29, 1.82) is 0 Å². The van der Waals surface area contributed by atoms with Crippen molar-refractivity contribution in [3.63, 3.8) is 0 Å². The number of likely N-dealkylation sites (tertiary alicyclic amines) is 1. The molecule has 1 heterocycles. The molecule has 0 aromatic heterocycles. The fraction of sp³-hybridized carbons (Fsp3) is 0.941. The van der Waals surface area contributed by atoms with E-state index in [1.54, 1.807) is 7.11 Å². The summed E-state index contributed by atoms with van der Waals surface area (Å²) in [6.45, 7) is 15.6. The van der Waals surface area contributed by atoms with Gasteiger partial charge in [0.2, 0.25) is 0 Å². The summed E-state index contributed by atoms with van der Waals surface area (Å²) >= 11 is 0. The van der Waals surface area contributed by atoms with Gasteiger partial charge in [-0.3, -0.25) is 9.89 Å². The largest absolute Gasteiger partial charge is 0.383 e. The van der Waals surface area contributed by atoms with E-state index >= 15 is 0 Å².